The number of esters is 2. The van der Waals surface area contributed by atoms with Crippen LogP contribution in [0.2, 0.25) is 0 Å². The Bertz CT molecular complexity index is 273. The third-order valence-electron chi connectivity index (χ3n) is 1.34. The van der Waals surface area contributed by atoms with Crippen LogP contribution in [0.5, 0.6) is 0 Å². The molecule has 0 aliphatic heterocycles. The molecule has 0 N–H and O–H groups in total. The molecule has 0 amide bonds. The Balaban J connectivity index is -0.000000295. The Labute approximate surface area is 134 Å². The minimum atomic E-state index is -4.85. The van der Waals surface area contributed by atoms with E-state index in [1.54, 1.807) is 13.8 Å². The van der Waals surface area contributed by atoms with E-state index in [0.717, 1.165) is 0 Å². The molecule has 0 aromatic carbocycles. The Morgan fingerprint density at radius 3 is 1.14 bits per heavy atom. The van der Waals surface area contributed by atoms with Crippen molar-refractivity contribution < 1.29 is 45.4 Å². The van der Waals surface area contributed by atoms with Gasteiger partial charge in [0, 0.05) is 23.9 Å². The SMILES string of the molecule is CCCOC(=O)C(F)(F)F.CCCOC(=O)C(F)(F)F.[Sn]. The van der Waals surface area contributed by atoms with Crippen LogP contribution < -0.4 is 0 Å². The topological polar surface area (TPSA) is 52.6 Å². The van der Waals surface area contributed by atoms with Crippen molar-refractivity contribution in [2.75, 3.05) is 13.2 Å². The van der Waals surface area contributed by atoms with Crippen molar-refractivity contribution in [2.24, 2.45) is 0 Å². The molecule has 124 valence electrons. The zero-order valence-corrected chi connectivity index (χ0v) is 14.1. The fraction of sp³-hybridized carbons (Fsp3) is 0.800. The fourth-order valence-electron chi connectivity index (χ4n) is 0.553. The summed E-state index contributed by atoms with van der Waals surface area (Å²) in [7, 11) is 0. The predicted octanol–water partition coefficient (Wildman–Crippen LogP) is 2.62. The van der Waals surface area contributed by atoms with Crippen LogP contribution in [0.1, 0.15) is 26.7 Å². The summed E-state index contributed by atoms with van der Waals surface area (Å²) in [5.74, 6) is -4.23. The molecule has 0 bridgehead atoms. The monoisotopic (exact) mass is 432 g/mol. The molecule has 0 aromatic heterocycles. The van der Waals surface area contributed by atoms with Crippen LogP contribution in [-0.4, -0.2) is 61.4 Å². The second-order valence-corrected chi connectivity index (χ2v) is 3.27. The van der Waals surface area contributed by atoms with Gasteiger partial charge in [-0.15, -0.1) is 0 Å². The van der Waals surface area contributed by atoms with Crippen molar-refractivity contribution in [2.45, 2.75) is 39.0 Å². The van der Waals surface area contributed by atoms with Crippen LogP contribution in [0.15, 0.2) is 0 Å². The molecule has 0 atom stereocenters. The second-order valence-electron chi connectivity index (χ2n) is 3.27. The largest absolute Gasteiger partial charge is 0.490 e. The Morgan fingerprint density at radius 2 is 1.00 bits per heavy atom. The van der Waals surface area contributed by atoms with Gasteiger partial charge in [-0.2, -0.15) is 26.3 Å². The number of ether oxygens (including phenoxy) is 2. The Morgan fingerprint density at radius 1 is 0.762 bits per heavy atom. The molecular formula is C10H14F6O4Sn. The van der Waals surface area contributed by atoms with E-state index < -0.39 is 24.3 Å². The molecule has 0 saturated carbocycles. The molecule has 0 aliphatic carbocycles. The van der Waals surface area contributed by atoms with Crippen molar-refractivity contribution in [1.29, 1.82) is 0 Å². The van der Waals surface area contributed by atoms with Gasteiger partial charge in [-0.05, 0) is 12.8 Å². The molecule has 0 aromatic rings. The first-order valence-electron chi connectivity index (χ1n) is 5.44. The zero-order valence-electron chi connectivity index (χ0n) is 11.2. The van der Waals surface area contributed by atoms with Crippen molar-refractivity contribution in [3.05, 3.63) is 0 Å². The van der Waals surface area contributed by atoms with Gasteiger partial charge in [0.25, 0.3) is 0 Å². The molecular weight excluding hydrogens is 417 g/mol. The first-order valence-corrected chi connectivity index (χ1v) is 5.44. The molecule has 0 aliphatic rings. The zero-order chi connectivity index (χ0) is 16.4. The minimum Gasteiger partial charge on any atom is -0.459 e. The maximum Gasteiger partial charge on any atom is 0.490 e. The van der Waals surface area contributed by atoms with Crippen LogP contribution in [0.3, 0.4) is 0 Å². The van der Waals surface area contributed by atoms with Gasteiger partial charge in [0.05, 0.1) is 13.2 Å². The molecule has 0 fully saturated rings. The predicted molar refractivity (Wildman–Crippen MR) is 60.4 cm³/mol. The van der Waals surface area contributed by atoms with E-state index in [2.05, 4.69) is 9.47 Å². The summed E-state index contributed by atoms with van der Waals surface area (Å²) in [6.07, 6.45) is -8.92. The number of carbonyl (C=O) groups excluding carboxylic acids is 2. The van der Waals surface area contributed by atoms with Gasteiger partial charge >= 0.3 is 24.3 Å². The summed E-state index contributed by atoms with van der Waals surface area (Å²) < 4.78 is 75.4. The molecule has 0 rings (SSSR count). The smallest absolute Gasteiger partial charge is 0.459 e. The van der Waals surface area contributed by atoms with Gasteiger partial charge in [0.15, 0.2) is 0 Å². The van der Waals surface area contributed by atoms with E-state index in [1.807, 2.05) is 0 Å². The quantitative estimate of drug-likeness (QED) is 0.391. The Kier molecular flexibility index (Phi) is 14.4. The first kappa shape index (κ1) is 25.3. The van der Waals surface area contributed by atoms with Gasteiger partial charge in [-0.3, -0.25) is 0 Å². The van der Waals surface area contributed by atoms with Gasteiger partial charge in [-0.25, -0.2) is 9.59 Å². The Hall–Kier alpha value is -0.681. The number of hydrogen-bond donors (Lipinski definition) is 0. The summed E-state index contributed by atoms with van der Waals surface area (Å²) in [5, 5.41) is 0. The van der Waals surface area contributed by atoms with Crippen LogP contribution in [-0.2, 0) is 19.1 Å². The number of hydrogen-bond acceptors (Lipinski definition) is 4. The minimum absolute atomic E-state index is 0. The molecule has 0 saturated heterocycles. The van der Waals surface area contributed by atoms with Crippen LogP contribution in [0.4, 0.5) is 26.3 Å². The average Bonchev–Trinajstić information content (AvgIpc) is 2.31. The fourth-order valence-corrected chi connectivity index (χ4v) is 0.553. The number of carbonyl (C=O) groups is 2. The van der Waals surface area contributed by atoms with E-state index >= 15 is 0 Å². The number of halogens is 6. The maximum absolute atomic E-state index is 11.3. The first-order chi connectivity index (χ1) is 8.96. The van der Waals surface area contributed by atoms with Crippen LogP contribution in [0.25, 0.3) is 0 Å². The van der Waals surface area contributed by atoms with Gasteiger partial charge in [0.1, 0.15) is 0 Å². The summed E-state index contributed by atoms with van der Waals surface area (Å²) in [6, 6.07) is 0. The van der Waals surface area contributed by atoms with Crippen molar-refractivity contribution in [3.63, 3.8) is 0 Å². The molecule has 4 radical (unpaired) electrons. The normalized spacial score (nSPS) is 10.7. The summed E-state index contributed by atoms with van der Waals surface area (Å²) in [4.78, 5) is 19.8. The molecule has 0 spiro atoms. The molecule has 11 heteroatoms. The maximum atomic E-state index is 11.3. The van der Waals surface area contributed by atoms with E-state index in [9.17, 15) is 35.9 Å². The van der Waals surface area contributed by atoms with Gasteiger partial charge in [0.2, 0.25) is 0 Å². The van der Waals surface area contributed by atoms with Crippen LogP contribution in [0, 0.1) is 0 Å². The third-order valence-corrected chi connectivity index (χ3v) is 1.34. The van der Waals surface area contributed by atoms with Gasteiger partial charge in [-0.1, -0.05) is 13.8 Å². The average molecular weight is 431 g/mol. The second kappa shape index (κ2) is 11.9. The van der Waals surface area contributed by atoms with E-state index in [-0.39, 0.29) is 37.1 Å². The van der Waals surface area contributed by atoms with E-state index in [4.69, 9.17) is 0 Å². The molecule has 4 nitrogen and oxygen atoms in total. The molecule has 0 heterocycles. The standard InChI is InChI=1S/2C5H7F3O2.Sn/c2*1-2-3-10-4(9)5(6,7)8;/h2*2-3H2,1H3;. The molecule has 21 heavy (non-hydrogen) atoms. The van der Waals surface area contributed by atoms with Crippen LogP contribution >= 0.6 is 0 Å². The number of alkyl halides is 6. The number of rotatable bonds is 4. The summed E-state index contributed by atoms with van der Waals surface area (Å²) in [5.41, 5.74) is 0. The van der Waals surface area contributed by atoms with Crippen molar-refractivity contribution in [1.82, 2.24) is 0 Å². The van der Waals surface area contributed by atoms with Gasteiger partial charge < -0.3 is 9.47 Å². The van der Waals surface area contributed by atoms with E-state index in [1.165, 1.54) is 0 Å². The van der Waals surface area contributed by atoms with Crippen molar-refractivity contribution in [3.8, 4) is 0 Å². The van der Waals surface area contributed by atoms with Crippen molar-refractivity contribution >= 4 is 35.8 Å². The van der Waals surface area contributed by atoms with E-state index in [0.29, 0.717) is 12.8 Å². The summed E-state index contributed by atoms with van der Waals surface area (Å²) >= 11 is 0. The summed E-state index contributed by atoms with van der Waals surface area (Å²) in [6.45, 7) is 2.87. The molecule has 0 unspecified atom stereocenters. The third kappa shape index (κ3) is 15.5.